The van der Waals surface area contributed by atoms with Crippen LogP contribution in [0.25, 0.3) is 0 Å². The lowest BCUT2D eigenvalue weighted by atomic mass is 10.1. The summed E-state index contributed by atoms with van der Waals surface area (Å²) in [5, 5.41) is 2.95. The summed E-state index contributed by atoms with van der Waals surface area (Å²) in [5.74, 6) is 1.20. The zero-order chi connectivity index (χ0) is 18.4. The van der Waals surface area contributed by atoms with Gasteiger partial charge in [-0.1, -0.05) is 12.1 Å². The van der Waals surface area contributed by atoms with E-state index in [2.05, 4.69) is 5.32 Å². The second kappa shape index (κ2) is 9.03. The number of hydrogen-bond donors (Lipinski definition) is 1. The Morgan fingerprint density at radius 3 is 2.46 bits per heavy atom. The van der Waals surface area contributed by atoms with Gasteiger partial charge in [0.05, 0.1) is 13.5 Å². The minimum absolute atomic E-state index is 0.0269. The van der Waals surface area contributed by atoms with Crippen molar-refractivity contribution in [3.05, 3.63) is 29.8 Å². The highest BCUT2D eigenvalue weighted by molar-refractivity contribution is 5.81. The van der Waals surface area contributed by atoms with E-state index in [1.54, 1.807) is 7.11 Å². The number of rotatable bonds is 8. The molecule has 142 valence electrons. The first-order valence-corrected chi connectivity index (χ1v) is 9.45. The zero-order valence-electron chi connectivity index (χ0n) is 15.4. The normalized spacial score (nSPS) is 17.6. The third-order valence-electron chi connectivity index (χ3n) is 5.04. The summed E-state index contributed by atoms with van der Waals surface area (Å²) in [6.07, 6.45) is 4.11. The lowest BCUT2D eigenvalue weighted by molar-refractivity contribution is -0.137. The van der Waals surface area contributed by atoms with E-state index in [0.717, 1.165) is 37.0 Å². The molecule has 1 aromatic rings. The molecule has 1 N–H and O–H groups in total. The maximum atomic E-state index is 12.6. The SMILES string of the molecule is COc1ccc(CC(=O)NCCN(C(=O)C2CC2)C2CCOCC2)cc1. The van der Waals surface area contributed by atoms with E-state index in [-0.39, 0.29) is 23.8 Å². The van der Waals surface area contributed by atoms with Crippen molar-refractivity contribution in [2.45, 2.75) is 38.1 Å². The molecule has 2 fully saturated rings. The molecule has 0 spiro atoms. The molecular weight excluding hydrogens is 332 g/mol. The number of ether oxygens (including phenoxy) is 2. The van der Waals surface area contributed by atoms with E-state index in [4.69, 9.17) is 9.47 Å². The lowest BCUT2D eigenvalue weighted by Crippen LogP contribution is -2.47. The number of amides is 2. The Bertz CT molecular complexity index is 607. The van der Waals surface area contributed by atoms with Gasteiger partial charge in [0.15, 0.2) is 0 Å². The van der Waals surface area contributed by atoms with Gasteiger partial charge in [-0.2, -0.15) is 0 Å². The molecule has 1 heterocycles. The third kappa shape index (κ3) is 5.21. The average molecular weight is 360 g/mol. The Morgan fingerprint density at radius 2 is 1.85 bits per heavy atom. The highest BCUT2D eigenvalue weighted by Gasteiger charge is 2.36. The molecule has 6 heteroatoms. The Kier molecular flexibility index (Phi) is 6.50. The second-order valence-electron chi connectivity index (χ2n) is 7.02. The number of carbonyl (C=O) groups is 2. The van der Waals surface area contributed by atoms with Crippen molar-refractivity contribution in [2.75, 3.05) is 33.4 Å². The van der Waals surface area contributed by atoms with Crippen molar-refractivity contribution in [2.24, 2.45) is 5.92 Å². The minimum Gasteiger partial charge on any atom is -0.497 e. The summed E-state index contributed by atoms with van der Waals surface area (Å²) < 4.78 is 10.5. The molecule has 6 nitrogen and oxygen atoms in total. The molecule has 0 radical (unpaired) electrons. The van der Waals surface area contributed by atoms with E-state index in [0.29, 0.717) is 32.7 Å². The molecule has 1 aliphatic carbocycles. The van der Waals surface area contributed by atoms with Gasteiger partial charge >= 0.3 is 0 Å². The maximum absolute atomic E-state index is 12.6. The molecule has 0 bridgehead atoms. The van der Waals surface area contributed by atoms with Crippen molar-refractivity contribution in [1.29, 1.82) is 0 Å². The van der Waals surface area contributed by atoms with E-state index in [1.165, 1.54) is 0 Å². The summed E-state index contributed by atoms with van der Waals surface area (Å²) in [7, 11) is 1.62. The molecule has 26 heavy (non-hydrogen) atoms. The molecule has 2 amide bonds. The molecule has 0 atom stereocenters. The van der Waals surface area contributed by atoms with Crippen molar-refractivity contribution in [3.63, 3.8) is 0 Å². The van der Waals surface area contributed by atoms with Crippen LogP contribution >= 0.6 is 0 Å². The Balaban J connectivity index is 1.46. The van der Waals surface area contributed by atoms with Gasteiger partial charge in [0.2, 0.25) is 11.8 Å². The van der Waals surface area contributed by atoms with Crippen LogP contribution in [0.5, 0.6) is 5.75 Å². The fraction of sp³-hybridized carbons (Fsp3) is 0.600. The van der Waals surface area contributed by atoms with Gasteiger partial charge in [0.1, 0.15) is 5.75 Å². The van der Waals surface area contributed by atoms with Gasteiger partial charge in [-0.15, -0.1) is 0 Å². The second-order valence-corrected chi connectivity index (χ2v) is 7.02. The van der Waals surface area contributed by atoms with Crippen LogP contribution in [0.15, 0.2) is 24.3 Å². The summed E-state index contributed by atoms with van der Waals surface area (Å²) in [4.78, 5) is 26.7. The van der Waals surface area contributed by atoms with Gasteiger partial charge in [-0.05, 0) is 43.4 Å². The predicted octanol–water partition coefficient (Wildman–Crippen LogP) is 1.77. The van der Waals surface area contributed by atoms with Crippen LogP contribution in [0.3, 0.4) is 0 Å². The van der Waals surface area contributed by atoms with Crippen molar-refractivity contribution < 1.29 is 19.1 Å². The van der Waals surface area contributed by atoms with Gasteiger partial charge in [0, 0.05) is 38.3 Å². The summed E-state index contributed by atoms with van der Waals surface area (Å²) in [6.45, 7) is 2.49. The highest BCUT2D eigenvalue weighted by atomic mass is 16.5. The van der Waals surface area contributed by atoms with Crippen molar-refractivity contribution in [3.8, 4) is 5.75 Å². The maximum Gasteiger partial charge on any atom is 0.225 e. The van der Waals surface area contributed by atoms with Crippen molar-refractivity contribution >= 4 is 11.8 Å². The number of hydrogen-bond acceptors (Lipinski definition) is 4. The number of carbonyl (C=O) groups excluding carboxylic acids is 2. The lowest BCUT2D eigenvalue weighted by Gasteiger charge is -2.34. The Labute approximate surface area is 154 Å². The first kappa shape index (κ1) is 18.7. The summed E-state index contributed by atoms with van der Waals surface area (Å²) in [6, 6.07) is 7.73. The predicted molar refractivity (Wildman–Crippen MR) is 98.0 cm³/mol. The molecule has 1 aromatic carbocycles. The van der Waals surface area contributed by atoms with Crippen LogP contribution in [0, 0.1) is 5.92 Å². The zero-order valence-corrected chi connectivity index (χ0v) is 15.4. The number of nitrogens with zero attached hydrogens (tertiary/aromatic N) is 1. The van der Waals surface area contributed by atoms with Gasteiger partial charge in [-0.3, -0.25) is 9.59 Å². The minimum atomic E-state index is -0.0269. The first-order valence-electron chi connectivity index (χ1n) is 9.45. The molecule has 0 unspecified atom stereocenters. The van der Waals surface area contributed by atoms with Crippen LogP contribution < -0.4 is 10.1 Å². The summed E-state index contributed by atoms with van der Waals surface area (Å²) >= 11 is 0. The molecule has 1 aliphatic heterocycles. The van der Waals surface area contributed by atoms with Crippen LogP contribution in [-0.4, -0.2) is 56.2 Å². The highest BCUT2D eigenvalue weighted by Crippen LogP contribution is 2.32. The fourth-order valence-corrected chi connectivity index (χ4v) is 3.34. The Morgan fingerprint density at radius 1 is 1.15 bits per heavy atom. The summed E-state index contributed by atoms with van der Waals surface area (Å²) in [5.41, 5.74) is 0.943. The van der Waals surface area contributed by atoms with E-state index in [1.807, 2.05) is 29.2 Å². The van der Waals surface area contributed by atoms with Crippen LogP contribution in [0.4, 0.5) is 0 Å². The molecule has 0 aromatic heterocycles. The van der Waals surface area contributed by atoms with Crippen LogP contribution in [0.1, 0.15) is 31.2 Å². The standard InChI is InChI=1S/C20H28N2O4/c1-25-18-6-2-15(3-7-18)14-19(23)21-10-11-22(20(24)16-4-5-16)17-8-12-26-13-9-17/h2-3,6-7,16-17H,4-5,8-14H2,1H3,(H,21,23). The number of benzene rings is 1. The first-order chi connectivity index (χ1) is 12.7. The van der Waals surface area contributed by atoms with Crippen LogP contribution in [0.2, 0.25) is 0 Å². The molecular formula is C20H28N2O4. The van der Waals surface area contributed by atoms with Crippen LogP contribution in [-0.2, 0) is 20.7 Å². The third-order valence-corrected chi connectivity index (χ3v) is 5.04. The smallest absolute Gasteiger partial charge is 0.225 e. The Hall–Kier alpha value is -2.08. The molecule has 1 saturated carbocycles. The number of nitrogens with one attached hydrogen (secondary N) is 1. The molecule has 1 saturated heterocycles. The monoisotopic (exact) mass is 360 g/mol. The van der Waals surface area contributed by atoms with Gasteiger partial charge < -0.3 is 19.7 Å². The van der Waals surface area contributed by atoms with Crippen molar-refractivity contribution in [1.82, 2.24) is 10.2 Å². The quantitative estimate of drug-likeness (QED) is 0.767. The largest absolute Gasteiger partial charge is 0.497 e. The van der Waals surface area contributed by atoms with Gasteiger partial charge in [-0.25, -0.2) is 0 Å². The fourth-order valence-electron chi connectivity index (χ4n) is 3.34. The van der Waals surface area contributed by atoms with E-state index < -0.39 is 0 Å². The van der Waals surface area contributed by atoms with Gasteiger partial charge in [0.25, 0.3) is 0 Å². The topological polar surface area (TPSA) is 67.9 Å². The van der Waals surface area contributed by atoms with E-state index in [9.17, 15) is 9.59 Å². The molecule has 3 rings (SSSR count). The number of methoxy groups -OCH3 is 1. The average Bonchev–Trinajstić information content (AvgIpc) is 3.51. The molecule has 2 aliphatic rings. The van der Waals surface area contributed by atoms with E-state index >= 15 is 0 Å².